The third kappa shape index (κ3) is 3.24. The molecule has 110 valence electrons. The Bertz CT molecular complexity index is 519. The monoisotopic (exact) mass is 306 g/mol. The average molecular weight is 307 g/mol. The quantitative estimate of drug-likeness (QED) is 0.879. The molecule has 7 heteroatoms. The van der Waals surface area contributed by atoms with Crippen LogP contribution in [0, 0.1) is 5.92 Å². The first kappa shape index (κ1) is 15.1. The van der Waals surface area contributed by atoms with E-state index in [0.29, 0.717) is 12.8 Å². The molecule has 3 nitrogen and oxygen atoms in total. The summed E-state index contributed by atoms with van der Waals surface area (Å²) in [7, 11) is 0. The minimum atomic E-state index is -4.58. The summed E-state index contributed by atoms with van der Waals surface area (Å²) in [6, 6.07) is 2.97. The second-order valence-corrected chi connectivity index (χ2v) is 5.31. The zero-order chi connectivity index (χ0) is 14.9. The fourth-order valence-electron chi connectivity index (χ4n) is 2.40. The number of amides is 1. The number of carbonyl (C=O) groups is 1. The van der Waals surface area contributed by atoms with E-state index in [0.717, 1.165) is 18.6 Å². The van der Waals surface area contributed by atoms with Crippen molar-refractivity contribution in [1.82, 2.24) is 0 Å². The van der Waals surface area contributed by atoms with Crippen molar-refractivity contribution in [2.75, 3.05) is 5.32 Å². The van der Waals surface area contributed by atoms with Crippen LogP contribution in [-0.4, -0.2) is 11.9 Å². The largest absolute Gasteiger partial charge is 0.418 e. The van der Waals surface area contributed by atoms with Gasteiger partial charge in [0.25, 0.3) is 0 Å². The molecule has 1 aromatic carbocycles. The second kappa shape index (κ2) is 5.61. The van der Waals surface area contributed by atoms with Gasteiger partial charge >= 0.3 is 6.18 Å². The number of anilines is 1. The van der Waals surface area contributed by atoms with Gasteiger partial charge < -0.3 is 11.1 Å². The summed E-state index contributed by atoms with van der Waals surface area (Å²) in [5, 5.41) is 2.28. The summed E-state index contributed by atoms with van der Waals surface area (Å²) < 4.78 is 38.7. The third-order valence-corrected chi connectivity index (χ3v) is 3.69. The van der Waals surface area contributed by atoms with Crippen LogP contribution in [0.5, 0.6) is 0 Å². The normalized spacial score (nSPS) is 22.9. The number of carbonyl (C=O) groups excluding carboxylic acids is 1. The zero-order valence-electron chi connectivity index (χ0n) is 10.5. The van der Waals surface area contributed by atoms with Crippen molar-refractivity contribution >= 4 is 23.2 Å². The zero-order valence-corrected chi connectivity index (χ0v) is 11.3. The van der Waals surface area contributed by atoms with E-state index in [4.69, 9.17) is 17.3 Å². The fraction of sp³-hybridized carbons (Fsp3) is 0.462. The first-order valence-electron chi connectivity index (χ1n) is 6.22. The van der Waals surface area contributed by atoms with Crippen LogP contribution < -0.4 is 11.1 Å². The highest BCUT2D eigenvalue weighted by atomic mass is 35.5. The minimum absolute atomic E-state index is 0.0344. The molecule has 1 aromatic rings. The van der Waals surface area contributed by atoms with Crippen LogP contribution in [-0.2, 0) is 11.0 Å². The molecular weight excluding hydrogens is 293 g/mol. The van der Waals surface area contributed by atoms with Crippen molar-refractivity contribution in [3.05, 3.63) is 28.8 Å². The Hall–Kier alpha value is -1.27. The van der Waals surface area contributed by atoms with E-state index in [1.165, 1.54) is 6.07 Å². The van der Waals surface area contributed by atoms with Gasteiger partial charge in [-0.05, 0) is 31.0 Å². The number of benzene rings is 1. The van der Waals surface area contributed by atoms with E-state index in [-0.39, 0.29) is 16.8 Å². The molecule has 0 saturated heterocycles. The standard InChI is InChI=1S/C13H14ClF3N2O/c14-7-4-5-11(9(6-7)13(15,16)17)19-12(20)8-2-1-3-10(8)18/h4-6,8,10H,1-3,18H2,(H,19,20). The van der Waals surface area contributed by atoms with Crippen LogP contribution in [0.1, 0.15) is 24.8 Å². The average Bonchev–Trinajstić information content (AvgIpc) is 2.76. The number of hydrogen-bond donors (Lipinski definition) is 2. The molecule has 0 bridgehead atoms. The molecule has 0 spiro atoms. The van der Waals surface area contributed by atoms with Crippen molar-refractivity contribution in [3.63, 3.8) is 0 Å². The predicted octanol–water partition coefficient (Wildman–Crippen LogP) is 3.42. The van der Waals surface area contributed by atoms with Gasteiger partial charge in [0.05, 0.1) is 17.2 Å². The van der Waals surface area contributed by atoms with Gasteiger partial charge in [-0.1, -0.05) is 18.0 Å². The van der Waals surface area contributed by atoms with E-state index < -0.39 is 23.6 Å². The number of rotatable bonds is 2. The maximum absolute atomic E-state index is 12.9. The summed E-state index contributed by atoms with van der Waals surface area (Å²) >= 11 is 5.58. The number of halogens is 4. The van der Waals surface area contributed by atoms with E-state index in [9.17, 15) is 18.0 Å². The summed E-state index contributed by atoms with van der Waals surface area (Å²) in [5.74, 6) is -0.908. The first-order chi connectivity index (χ1) is 9.29. The van der Waals surface area contributed by atoms with Crippen LogP contribution in [0.15, 0.2) is 18.2 Å². The van der Waals surface area contributed by atoms with Gasteiger partial charge in [0.2, 0.25) is 5.91 Å². The van der Waals surface area contributed by atoms with Gasteiger partial charge in [0.1, 0.15) is 0 Å². The molecule has 2 rings (SSSR count). The topological polar surface area (TPSA) is 55.1 Å². The highest BCUT2D eigenvalue weighted by Crippen LogP contribution is 2.37. The highest BCUT2D eigenvalue weighted by Gasteiger charge is 2.36. The number of hydrogen-bond acceptors (Lipinski definition) is 2. The second-order valence-electron chi connectivity index (χ2n) is 4.88. The van der Waals surface area contributed by atoms with Crippen molar-refractivity contribution < 1.29 is 18.0 Å². The van der Waals surface area contributed by atoms with Gasteiger partial charge in [-0.3, -0.25) is 4.79 Å². The van der Waals surface area contributed by atoms with Gasteiger partial charge in [0, 0.05) is 11.1 Å². The van der Waals surface area contributed by atoms with Crippen molar-refractivity contribution in [2.45, 2.75) is 31.5 Å². The van der Waals surface area contributed by atoms with Crippen LogP contribution in [0.25, 0.3) is 0 Å². The Morgan fingerprint density at radius 1 is 1.35 bits per heavy atom. The van der Waals surface area contributed by atoms with Crippen LogP contribution in [0.3, 0.4) is 0 Å². The molecule has 0 aromatic heterocycles. The number of nitrogens with one attached hydrogen (secondary N) is 1. The summed E-state index contributed by atoms with van der Waals surface area (Å²) in [6.45, 7) is 0. The van der Waals surface area contributed by atoms with Gasteiger partial charge in [-0.15, -0.1) is 0 Å². The SMILES string of the molecule is NC1CCCC1C(=O)Nc1ccc(Cl)cc1C(F)(F)F. The van der Waals surface area contributed by atoms with Gasteiger partial charge in [0.15, 0.2) is 0 Å². The lowest BCUT2D eigenvalue weighted by Crippen LogP contribution is -2.34. The number of alkyl halides is 3. The molecule has 3 N–H and O–H groups in total. The van der Waals surface area contributed by atoms with E-state index >= 15 is 0 Å². The molecule has 1 saturated carbocycles. The Labute approximate surface area is 119 Å². The molecular formula is C13H14ClF3N2O. The number of nitrogens with two attached hydrogens (primary N) is 1. The maximum atomic E-state index is 12.9. The molecule has 0 aliphatic heterocycles. The molecule has 1 amide bonds. The fourth-order valence-corrected chi connectivity index (χ4v) is 2.57. The van der Waals surface area contributed by atoms with Crippen LogP contribution >= 0.6 is 11.6 Å². The minimum Gasteiger partial charge on any atom is -0.327 e. The van der Waals surface area contributed by atoms with Crippen LogP contribution in [0.2, 0.25) is 5.02 Å². The van der Waals surface area contributed by atoms with Gasteiger partial charge in [-0.2, -0.15) is 13.2 Å². The van der Waals surface area contributed by atoms with Crippen LogP contribution in [0.4, 0.5) is 18.9 Å². The molecule has 1 aliphatic carbocycles. The molecule has 2 unspecified atom stereocenters. The van der Waals surface area contributed by atoms with Gasteiger partial charge in [-0.25, -0.2) is 0 Å². The Morgan fingerprint density at radius 2 is 2.05 bits per heavy atom. The Morgan fingerprint density at radius 3 is 2.60 bits per heavy atom. The molecule has 1 fully saturated rings. The van der Waals surface area contributed by atoms with E-state index in [1.54, 1.807) is 0 Å². The molecule has 20 heavy (non-hydrogen) atoms. The molecule has 0 radical (unpaired) electrons. The molecule has 1 aliphatic rings. The summed E-state index contributed by atoms with van der Waals surface area (Å²) in [4.78, 5) is 12.0. The third-order valence-electron chi connectivity index (χ3n) is 3.45. The first-order valence-corrected chi connectivity index (χ1v) is 6.60. The smallest absolute Gasteiger partial charge is 0.327 e. The lowest BCUT2D eigenvalue weighted by molar-refractivity contribution is -0.137. The molecule has 2 atom stereocenters. The lowest BCUT2D eigenvalue weighted by atomic mass is 10.0. The van der Waals surface area contributed by atoms with E-state index in [1.807, 2.05) is 0 Å². The predicted molar refractivity (Wildman–Crippen MR) is 70.4 cm³/mol. The van der Waals surface area contributed by atoms with Crippen molar-refractivity contribution in [3.8, 4) is 0 Å². The maximum Gasteiger partial charge on any atom is 0.418 e. The van der Waals surface area contributed by atoms with Crippen molar-refractivity contribution in [1.29, 1.82) is 0 Å². The molecule has 0 heterocycles. The highest BCUT2D eigenvalue weighted by molar-refractivity contribution is 6.30. The Kier molecular flexibility index (Phi) is 4.25. The van der Waals surface area contributed by atoms with Crippen molar-refractivity contribution in [2.24, 2.45) is 11.7 Å². The Balaban J connectivity index is 2.23. The summed E-state index contributed by atoms with van der Waals surface area (Å²) in [5.41, 5.74) is 4.54. The lowest BCUT2D eigenvalue weighted by Gasteiger charge is -2.18. The summed E-state index contributed by atoms with van der Waals surface area (Å²) in [6.07, 6.45) is -2.45. The van der Waals surface area contributed by atoms with E-state index in [2.05, 4.69) is 5.32 Å².